The number of thiophene rings is 1. The smallest absolute Gasteiger partial charge is 0.0960 e. The average Bonchev–Trinajstić information content (AvgIpc) is 2.75. The summed E-state index contributed by atoms with van der Waals surface area (Å²) in [6.07, 6.45) is 3.17. The average molecular weight is 229 g/mol. The highest BCUT2D eigenvalue weighted by Gasteiger charge is 2.10. The maximum absolute atomic E-state index is 9.77. The molecule has 0 saturated carbocycles. The largest absolute Gasteiger partial charge is 0.472 e. The van der Waals surface area contributed by atoms with Crippen molar-refractivity contribution in [2.45, 2.75) is 12.5 Å². The zero-order chi connectivity index (χ0) is 9.97. The predicted molar refractivity (Wildman–Crippen MR) is 56.7 cm³/mol. The highest BCUT2D eigenvalue weighted by Crippen LogP contribution is 2.24. The van der Waals surface area contributed by atoms with Crippen LogP contribution in [-0.2, 0) is 6.42 Å². The molecule has 0 saturated heterocycles. The molecule has 0 radical (unpaired) electrons. The molecular formula is C10H9ClO2S. The van der Waals surface area contributed by atoms with E-state index in [4.69, 9.17) is 16.0 Å². The first-order valence-electron chi connectivity index (χ1n) is 4.19. The Morgan fingerprint density at radius 1 is 1.57 bits per heavy atom. The molecule has 0 bridgehead atoms. The Kier molecular flexibility index (Phi) is 2.91. The van der Waals surface area contributed by atoms with E-state index >= 15 is 0 Å². The number of rotatable bonds is 3. The van der Waals surface area contributed by atoms with Crippen molar-refractivity contribution < 1.29 is 9.52 Å². The molecule has 1 atom stereocenters. The molecule has 2 aromatic rings. The maximum Gasteiger partial charge on any atom is 0.0960 e. The van der Waals surface area contributed by atoms with Crippen molar-refractivity contribution in [3.8, 4) is 0 Å². The molecule has 2 nitrogen and oxygen atoms in total. The van der Waals surface area contributed by atoms with Crippen LogP contribution in [0, 0.1) is 0 Å². The minimum atomic E-state index is -0.514. The lowest BCUT2D eigenvalue weighted by molar-refractivity contribution is 0.177. The minimum Gasteiger partial charge on any atom is -0.472 e. The van der Waals surface area contributed by atoms with Crippen LogP contribution in [0.3, 0.4) is 0 Å². The number of aliphatic hydroxyl groups is 1. The van der Waals surface area contributed by atoms with Gasteiger partial charge in [-0.15, -0.1) is 11.3 Å². The van der Waals surface area contributed by atoms with Crippen LogP contribution in [0.5, 0.6) is 0 Å². The van der Waals surface area contributed by atoms with Gasteiger partial charge in [0.05, 0.1) is 23.0 Å². The minimum absolute atomic E-state index is 0.514. The number of aliphatic hydroxyl groups excluding tert-OH is 1. The third kappa shape index (κ3) is 2.18. The molecule has 2 rings (SSSR count). The zero-order valence-electron chi connectivity index (χ0n) is 7.31. The van der Waals surface area contributed by atoms with E-state index in [2.05, 4.69) is 0 Å². The SMILES string of the molecule is OC(Cc1csc(Cl)c1)c1ccoc1. The summed E-state index contributed by atoms with van der Waals surface area (Å²) >= 11 is 7.26. The molecule has 1 unspecified atom stereocenters. The summed E-state index contributed by atoms with van der Waals surface area (Å²) in [6, 6.07) is 3.63. The van der Waals surface area contributed by atoms with Crippen LogP contribution in [0.1, 0.15) is 17.2 Å². The van der Waals surface area contributed by atoms with Gasteiger partial charge >= 0.3 is 0 Å². The van der Waals surface area contributed by atoms with Crippen LogP contribution >= 0.6 is 22.9 Å². The van der Waals surface area contributed by atoms with Crippen molar-refractivity contribution >= 4 is 22.9 Å². The lowest BCUT2D eigenvalue weighted by Gasteiger charge is -2.05. The molecule has 4 heteroatoms. The summed E-state index contributed by atoms with van der Waals surface area (Å²) in [5.74, 6) is 0. The molecule has 0 spiro atoms. The normalized spacial score (nSPS) is 13.0. The van der Waals surface area contributed by atoms with E-state index in [1.807, 2.05) is 11.4 Å². The molecular weight excluding hydrogens is 220 g/mol. The quantitative estimate of drug-likeness (QED) is 0.875. The summed E-state index contributed by atoms with van der Waals surface area (Å²) in [6.45, 7) is 0. The fourth-order valence-corrected chi connectivity index (χ4v) is 2.18. The second-order valence-electron chi connectivity index (χ2n) is 3.04. The summed E-state index contributed by atoms with van der Waals surface area (Å²) in [5, 5.41) is 11.7. The van der Waals surface area contributed by atoms with Crippen LogP contribution in [0.25, 0.3) is 0 Å². The van der Waals surface area contributed by atoms with Crippen LogP contribution in [0.15, 0.2) is 34.5 Å². The first-order chi connectivity index (χ1) is 6.75. The Balaban J connectivity index is 2.05. The van der Waals surface area contributed by atoms with Gasteiger partial charge in [-0.3, -0.25) is 0 Å². The molecule has 14 heavy (non-hydrogen) atoms. The second kappa shape index (κ2) is 4.17. The van der Waals surface area contributed by atoms with Crippen molar-refractivity contribution in [3.05, 3.63) is 45.5 Å². The summed E-state index contributed by atoms with van der Waals surface area (Å²) in [4.78, 5) is 0. The van der Waals surface area contributed by atoms with Gasteiger partial charge in [0, 0.05) is 12.0 Å². The van der Waals surface area contributed by atoms with E-state index in [1.165, 1.54) is 11.3 Å². The summed E-state index contributed by atoms with van der Waals surface area (Å²) in [5.41, 5.74) is 1.85. The zero-order valence-corrected chi connectivity index (χ0v) is 8.89. The van der Waals surface area contributed by atoms with E-state index in [-0.39, 0.29) is 0 Å². The Morgan fingerprint density at radius 2 is 2.43 bits per heavy atom. The van der Waals surface area contributed by atoms with Crippen molar-refractivity contribution in [1.29, 1.82) is 0 Å². The first-order valence-corrected chi connectivity index (χ1v) is 5.44. The summed E-state index contributed by atoms with van der Waals surface area (Å²) < 4.78 is 5.64. The predicted octanol–water partition coefficient (Wildman–Crippen LogP) is 3.27. The molecule has 0 aliphatic rings. The molecule has 74 valence electrons. The third-order valence-electron chi connectivity index (χ3n) is 1.98. The van der Waals surface area contributed by atoms with Gasteiger partial charge in [0.25, 0.3) is 0 Å². The van der Waals surface area contributed by atoms with Crippen molar-refractivity contribution in [3.63, 3.8) is 0 Å². The maximum atomic E-state index is 9.77. The van der Waals surface area contributed by atoms with Gasteiger partial charge < -0.3 is 9.52 Å². The Labute approximate surface area is 90.8 Å². The molecule has 0 aliphatic carbocycles. The van der Waals surface area contributed by atoms with Crippen molar-refractivity contribution in [2.24, 2.45) is 0 Å². The van der Waals surface area contributed by atoms with Crippen molar-refractivity contribution in [2.75, 3.05) is 0 Å². The Morgan fingerprint density at radius 3 is 3.00 bits per heavy atom. The van der Waals surface area contributed by atoms with Crippen LogP contribution in [0.4, 0.5) is 0 Å². The van der Waals surface area contributed by atoms with E-state index < -0.39 is 6.10 Å². The highest BCUT2D eigenvalue weighted by atomic mass is 35.5. The summed E-state index contributed by atoms with van der Waals surface area (Å²) in [7, 11) is 0. The van der Waals surface area contributed by atoms with E-state index in [0.29, 0.717) is 6.42 Å². The number of furan rings is 1. The lowest BCUT2D eigenvalue weighted by atomic mass is 10.1. The van der Waals surface area contributed by atoms with Crippen LogP contribution in [-0.4, -0.2) is 5.11 Å². The van der Waals surface area contributed by atoms with Gasteiger partial charge in [0.1, 0.15) is 0 Å². The lowest BCUT2D eigenvalue weighted by Crippen LogP contribution is -1.98. The number of hydrogen-bond donors (Lipinski definition) is 1. The molecule has 1 N–H and O–H groups in total. The monoisotopic (exact) mass is 228 g/mol. The van der Waals surface area contributed by atoms with Gasteiger partial charge in [-0.25, -0.2) is 0 Å². The Bertz CT molecular complexity index is 394. The van der Waals surface area contributed by atoms with E-state index in [9.17, 15) is 5.11 Å². The highest BCUT2D eigenvalue weighted by molar-refractivity contribution is 7.14. The van der Waals surface area contributed by atoms with Gasteiger partial charge in [-0.1, -0.05) is 11.6 Å². The fraction of sp³-hybridized carbons (Fsp3) is 0.200. The topological polar surface area (TPSA) is 33.4 Å². The van der Waals surface area contributed by atoms with Crippen molar-refractivity contribution in [1.82, 2.24) is 0 Å². The van der Waals surface area contributed by atoms with Gasteiger partial charge in [0.15, 0.2) is 0 Å². The second-order valence-corrected chi connectivity index (χ2v) is 4.58. The number of halogens is 1. The molecule has 0 aromatic carbocycles. The van der Waals surface area contributed by atoms with E-state index in [1.54, 1.807) is 18.6 Å². The first kappa shape index (κ1) is 9.77. The molecule has 0 aliphatic heterocycles. The van der Waals surface area contributed by atoms with Crippen LogP contribution < -0.4 is 0 Å². The molecule has 2 aromatic heterocycles. The fourth-order valence-electron chi connectivity index (χ4n) is 1.26. The molecule has 0 fully saturated rings. The van der Waals surface area contributed by atoms with Gasteiger partial charge in [-0.2, -0.15) is 0 Å². The molecule has 2 heterocycles. The van der Waals surface area contributed by atoms with Gasteiger partial charge in [-0.05, 0) is 23.1 Å². The van der Waals surface area contributed by atoms with Crippen LogP contribution in [0.2, 0.25) is 4.34 Å². The van der Waals surface area contributed by atoms with Gasteiger partial charge in [0.2, 0.25) is 0 Å². The van der Waals surface area contributed by atoms with E-state index in [0.717, 1.165) is 15.5 Å². The molecule has 0 amide bonds. The third-order valence-corrected chi connectivity index (χ3v) is 3.12. The number of hydrogen-bond acceptors (Lipinski definition) is 3. The Hall–Kier alpha value is -0.770. The standard InChI is InChI=1S/C10H9ClO2S/c11-10-4-7(6-14-10)3-9(12)8-1-2-13-5-8/h1-2,4-6,9,12H,3H2.